The number of nitrogens with two attached hydrogens (primary N) is 2. The van der Waals surface area contributed by atoms with Crippen molar-refractivity contribution in [2.24, 2.45) is 0 Å². The molecule has 0 spiro atoms. The maximum absolute atomic E-state index is 5.68. The van der Waals surface area contributed by atoms with E-state index in [1.165, 1.54) is 0 Å². The number of aryl methyl sites for hydroxylation is 1. The van der Waals surface area contributed by atoms with Crippen LogP contribution in [-0.2, 0) is 0 Å². The summed E-state index contributed by atoms with van der Waals surface area (Å²) in [6.07, 6.45) is 0. The highest BCUT2D eigenvalue weighted by Gasteiger charge is 2.04. The van der Waals surface area contributed by atoms with Crippen LogP contribution in [0.15, 0.2) is 0 Å². The average Bonchev–Trinajstić information content (AvgIpc) is 1.93. The molecule has 0 aromatic carbocycles. The van der Waals surface area contributed by atoms with Crippen LogP contribution in [0, 0.1) is 6.92 Å². The van der Waals surface area contributed by atoms with E-state index in [1.54, 1.807) is 6.92 Å². The van der Waals surface area contributed by atoms with E-state index in [-0.39, 0.29) is 5.82 Å². The van der Waals surface area contributed by atoms with Crippen LogP contribution in [0.5, 0.6) is 0 Å². The van der Waals surface area contributed by atoms with E-state index in [9.17, 15) is 0 Å². The molecular formula is C5H7ClN4. The van der Waals surface area contributed by atoms with Crippen LogP contribution in [0.25, 0.3) is 0 Å². The summed E-state index contributed by atoms with van der Waals surface area (Å²) in [6, 6.07) is 0. The van der Waals surface area contributed by atoms with Crippen LogP contribution >= 0.6 is 11.6 Å². The van der Waals surface area contributed by atoms with Crippen LogP contribution < -0.4 is 11.5 Å². The summed E-state index contributed by atoms with van der Waals surface area (Å²) in [5.74, 6) is 0.176. The Hall–Kier alpha value is -1.03. The van der Waals surface area contributed by atoms with E-state index in [2.05, 4.69) is 10.2 Å². The third-order valence-corrected chi connectivity index (χ3v) is 1.61. The second-order valence-corrected chi connectivity index (χ2v) is 2.28. The molecule has 0 aliphatic heterocycles. The smallest absolute Gasteiger partial charge is 0.170 e. The minimum absolute atomic E-state index is 0.176. The predicted molar refractivity (Wildman–Crippen MR) is 40.6 cm³/mol. The lowest BCUT2D eigenvalue weighted by Gasteiger charge is -2.00. The summed E-state index contributed by atoms with van der Waals surface area (Å²) in [7, 11) is 0. The van der Waals surface area contributed by atoms with Crippen LogP contribution in [0.1, 0.15) is 5.69 Å². The lowest BCUT2D eigenvalue weighted by atomic mass is 10.3. The number of hydrogen-bond acceptors (Lipinski definition) is 4. The molecule has 0 amide bonds. The van der Waals surface area contributed by atoms with Gasteiger partial charge in [-0.05, 0) is 6.92 Å². The lowest BCUT2D eigenvalue weighted by molar-refractivity contribution is 0.993. The molecule has 54 valence electrons. The monoisotopic (exact) mass is 158 g/mol. The van der Waals surface area contributed by atoms with Crippen molar-refractivity contribution in [2.75, 3.05) is 11.5 Å². The molecule has 1 aromatic rings. The maximum atomic E-state index is 5.68. The third kappa shape index (κ3) is 0.974. The normalized spacial score (nSPS) is 9.80. The van der Waals surface area contributed by atoms with Gasteiger partial charge in [0.2, 0.25) is 0 Å². The molecule has 5 heteroatoms. The van der Waals surface area contributed by atoms with Gasteiger partial charge in [-0.3, -0.25) is 0 Å². The highest BCUT2D eigenvalue weighted by Crippen LogP contribution is 2.23. The van der Waals surface area contributed by atoms with E-state index >= 15 is 0 Å². The maximum Gasteiger partial charge on any atom is 0.170 e. The van der Waals surface area contributed by atoms with E-state index in [0.717, 1.165) is 0 Å². The van der Waals surface area contributed by atoms with E-state index in [0.29, 0.717) is 16.4 Å². The van der Waals surface area contributed by atoms with Crippen molar-refractivity contribution in [1.29, 1.82) is 0 Å². The summed E-state index contributed by atoms with van der Waals surface area (Å²) >= 11 is 5.68. The largest absolute Gasteiger partial charge is 0.394 e. The van der Waals surface area contributed by atoms with Crippen molar-refractivity contribution in [2.45, 2.75) is 6.92 Å². The molecule has 10 heavy (non-hydrogen) atoms. The van der Waals surface area contributed by atoms with Gasteiger partial charge in [0.25, 0.3) is 0 Å². The molecule has 4 N–H and O–H groups in total. The molecule has 0 bridgehead atoms. The second kappa shape index (κ2) is 2.30. The quantitative estimate of drug-likeness (QED) is 0.580. The van der Waals surface area contributed by atoms with E-state index in [1.807, 2.05) is 0 Å². The van der Waals surface area contributed by atoms with E-state index < -0.39 is 0 Å². The molecule has 0 radical (unpaired) electrons. The zero-order valence-corrected chi connectivity index (χ0v) is 6.18. The summed E-state index contributed by atoms with van der Waals surface area (Å²) < 4.78 is 0. The van der Waals surface area contributed by atoms with Crippen LogP contribution in [0.4, 0.5) is 11.5 Å². The summed E-state index contributed by atoms with van der Waals surface area (Å²) in [5.41, 5.74) is 11.6. The Kier molecular flexibility index (Phi) is 1.63. The van der Waals surface area contributed by atoms with Gasteiger partial charge < -0.3 is 11.5 Å². The highest BCUT2D eigenvalue weighted by atomic mass is 35.5. The Labute approximate surface area is 63.2 Å². The van der Waals surface area contributed by atoms with Gasteiger partial charge >= 0.3 is 0 Å². The summed E-state index contributed by atoms with van der Waals surface area (Å²) in [5, 5.41) is 7.59. The minimum Gasteiger partial charge on any atom is -0.394 e. The fraction of sp³-hybridized carbons (Fsp3) is 0.200. The number of halogens is 1. The van der Waals surface area contributed by atoms with Crippen LogP contribution in [0.3, 0.4) is 0 Å². The van der Waals surface area contributed by atoms with Gasteiger partial charge in [0.1, 0.15) is 0 Å². The van der Waals surface area contributed by atoms with Gasteiger partial charge in [0.15, 0.2) is 5.82 Å². The fourth-order valence-corrected chi connectivity index (χ4v) is 0.669. The first-order chi connectivity index (χ1) is 4.63. The number of hydrogen-bond donors (Lipinski definition) is 2. The molecule has 0 saturated carbocycles. The number of anilines is 2. The zero-order valence-electron chi connectivity index (χ0n) is 5.43. The van der Waals surface area contributed by atoms with Gasteiger partial charge in [0.05, 0.1) is 16.4 Å². The van der Waals surface area contributed by atoms with Crippen molar-refractivity contribution in [3.63, 3.8) is 0 Å². The molecule has 0 fully saturated rings. The first kappa shape index (κ1) is 7.08. The van der Waals surface area contributed by atoms with E-state index in [4.69, 9.17) is 23.1 Å². The summed E-state index contributed by atoms with van der Waals surface area (Å²) in [4.78, 5) is 0. The van der Waals surface area contributed by atoms with Crippen molar-refractivity contribution >= 4 is 23.1 Å². The number of nitrogens with zero attached hydrogens (tertiary/aromatic N) is 2. The number of aromatic nitrogens is 2. The molecule has 1 heterocycles. The number of nitrogen functional groups attached to an aromatic ring is 2. The first-order valence-corrected chi connectivity index (χ1v) is 3.04. The predicted octanol–water partition coefficient (Wildman–Crippen LogP) is 0.603. The molecule has 1 rings (SSSR count). The number of rotatable bonds is 0. The van der Waals surface area contributed by atoms with Gasteiger partial charge in [-0.1, -0.05) is 11.6 Å². The Morgan fingerprint density at radius 3 is 2.40 bits per heavy atom. The van der Waals surface area contributed by atoms with Gasteiger partial charge in [-0.25, -0.2) is 0 Å². The van der Waals surface area contributed by atoms with Gasteiger partial charge in [0, 0.05) is 0 Å². The lowest BCUT2D eigenvalue weighted by Crippen LogP contribution is -2.02. The topological polar surface area (TPSA) is 77.8 Å². The molecular weight excluding hydrogens is 152 g/mol. The second-order valence-electron chi connectivity index (χ2n) is 1.90. The molecule has 0 atom stereocenters. The standard InChI is InChI=1S/C5H7ClN4/c1-2-3(6)4(7)5(8)10-9-2/h1H3,(H2,7,9)(H2,8,10). The van der Waals surface area contributed by atoms with Crippen molar-refractivity contribution in [1.82, 2.24) is 10.2 Å². The Morgan fingerprint density at radius 1 is 1.30 bits per heavy atom. The first-order valence-electron chi connectivity index (χ1n) is 2.66. The molecule has 4 nitrogen and oxygen atoms in total. The highest BCUT2D eigenvalue weighted by molar-refractivity contribution is 6.34. The van der Waals surface area contributed by atoms with Crippen LogP contribution in [-0.4, -0.2) is 10.2 Å². The van der Waals surface area contributed by atoms with Gasteiger partial charge in [-0.15, -0.1) is 5.10 Å². The zero-order chi connectivity index (χ0) is 7.72. The summed E-state index contributed by atoms with van der Waals surface area (Å²) in [6.45, 7) is 1.71. The fourth-order valence-electron chi connectivity index (χ4n) is 0.534. The molecule has 0 aliphatic rings. The Balaban J connectivity index is 3.34. The molecule has 1 aromatic heterocycles. The molecule has 0 aliphatic carbocycles. The third-order valence-electron chi connectivity index (χ3n) is 1.14. The van der Waals surface area contributed by atoms with Crippen molar-refractivity contribution in [3.8, 4) is 0 Å². The SMILES string of the molecule is Cc1nnc(N)c(N)c1Cl. The molecule has 0 unspecified atom stereocenters. The Morgan fingerprint density at radius 2 is 1.90 bits per heavy atom. The Bertz CT molecular complexity index is 233. The minimum atomic E-state index is 0.176. The average molecular weight is 159 g/mol. The van der Waals surface area contributed by atoms with Crippen molar-refractivity contribution in [3.05, 3.63) is 10.7 Å². The van der Waals surface area contributed by atoms with Crippen molar-refractivity contribution < 1.29 is 0 Å². The molecule has 0 saturated heterocycles. The van der Waals surface area contributed by atoms with Crippen LogP contribution in [0.2, 0.25) is 5.02 Å². The van der Waals surface area contributed by atoms with Gasteiger partial charge in [-0.2, -0.15) is 5.10 Å².